The number of carbonyl (C=O) groups is 2. The van der Waals surface area contributed by atoms with Crippen molar-refractivity contribution >= 4 is 40.1 Å². The average molecular weight is 279 g/mol. The van der Waals surface area contributed by atoms with Gasteiger partial charge in [0.15, 0.2) is 0 Å². The maximum atomic E-state index is 11.6. The number of amides is 1. The molecule has 98 valence electrons. The number of esters is 1. The Bertz CT molecular complexity index is 643. The Kier molecular flexibility index (Phi) is 3.97. The zero-order valence-electron chi connectivity index (χ0n) is 10.1. The van der Waals surface area contributed by atoms with Crippen LogP contribution in [0.1, 0.15) is 6.92 Å². The highest BCUT2D eigenvalue weighted by atomic mass is 35.5. The molecule has 0 bridgehead atoms. The number of hydrogen-bond donors (Lipinski definition) is 1. The van der Waals surface area contributed by atoms with E-state index in [4.69, 9.17) is 11.6 Å². The maximum absolute atomic E-state index is 11.6. The zero-order valence-corrected chi connectivity index (χ0v) is 10.9. The van der Waals surface area contributed by atoms with E-state index in [2.05, 4.69) is 15.0 Å². The lowest BCUT2D eigenvalue weighted by Crippen LogP contribution is -2.25. The van der Waals surface area contributed by atoms with Crippen molar-refractivity contribution in [3.63, 3.8) is 0 Å². The third kappa shape index (κ3) is 2.82. The van der Waals surface area contributed by atoms with Gasteiger partial charge < -0.3 is 10.1 Å². The summed E-state index contributed by atoms with van der Waals surface area (Å²) in [5.74, 6) is -1.77. The number of ether oxygens (including phenoxy) is 1. The molecule has 0 unspecified atom stereocenters. The molecule has 19 heavy (non-hydrogen) atoms. The van der Waals surface area contributed by atoms with Gasteiger partial charge in [0.2, 0.25) is 0 Å². The molecular weight excluding hydrogens is 268 g/mol. The summed E-state index contributed by atoms with van der Waals surface area (Å²) in [6, 6.07) is 6.75. The molecule has 1 amide bonds. The largest absolute Gasteiger partial charge is 0.459 e. The van der Waals surface area contributed by atoms with E-state index in [1.54, 1.807) is 37.4 Å². The van der Waals surface area contributed by atoms with Gasteiger partial charge in [0.25, 0.3) is 0 Å². The molecule has 0 radical (unpaired) electrons. The SMILES string of the molecule is CCOC(=O)C(=O)Nc1ccc(Cl)c2cccnc12. The monoisotopic (exact) mass is 278 g/mol. The number of benzene rings is 1. The van der Waals surface area contributed by atoms with Crippen LogP contribution in [-0.4, -0.2) is 23.5 Å². The number of pyridine rings is 1. The van der Waals surface area contributed by atoms with Gasteiger partial charge in [0.05, 0.1) is 22.8 Å². The highest BCUT2D eigenvalue weighted by molar-refractivity contribution is 6.39. The van der Waals surface area contributed by atoms with E-state index in [1.165, 1.54) is 0 Å². The van der Waals surface area contributed by atoms with Crippen molar-refractivity contribution in [2.24, 2.45) is 0 Å². The molecule has 2 aromatic rings. The second-order valence-electron chi connectivity index (χ2n) is 3.67. The van der Waals surface area contributed by atoms with Crippen molar-refractivity contribution < 1.29 is 14.3 Å². The van der Waals surface area contributed by atoms with Gasteiger partial charge in [-0.15, -0.1) is 0 Å². The van der Waals surface area contributed by atoms with Gasteiger partial charge in [-0.25, -0.2) is 4.79 Å². The fourth-order valence-corrected chi connectivity index (χ4v) is 1.82. The van der Waals surface area contributed by atoms with Gasteiger partial charge in [0, 0.05) is 11.6 Å². The van der Waals surface area contributed by atoms with E-state index in [-0.39, 0.29) is 6.61 Å². The van der Waals surface area contributed by atoms with Crippen LogP contribution in [-0.2, 0) is 14.3 Å². The molecule has 0 spiro atoms. The van der Waals surface area contributed by atoms with Gasteiger partial charge in [-0.1, -0.05) is 11.6 Å². The van der Waals surface area contributed by atoms with Gasteiger partial charge in [0.1, 0.15) is 0 Å². The van der Waals surface area contributed by atoms with E-state index in [1.807, 2.05) is 0 Å². The molecule has 6 heteroatoms. The Balaban J connectivity index is 2.34. The molecule has 0 saturated carbocycles. The Morgan fingerprint density at radius 2 is 2.16 bits per heavy atom. The van der Waals surface area contributed by atoms with E-state index < -0.39 is 11.9 Å². The number of nitrogens with zero attached hydrogens (tertiary/aromatic N) is 1. The number of fused-ring (bicyclic) bond motifs is 1. The molecular formula is C13H11ClN2O3. The first kappa shape index (κ1) is 13.3. The lowest BCUT2D eigenvalue weighted by molar-refractivity contribution is -0.152. The van der Waals surface area contributed by atoms with E-state index in [9.17, 15) is 9.59 Å². The molecule has 5 nitrogen and oxygen atoms in total. The lowest BCUT2D eigenvalue weighted by atomic mass is 10.2. The fourth-order valence-electron chi connectivity index (χ4n) is 1.61. The summed E-state index contributed by atoms with van der Waals surface area (Å²) in [5, 5.41) is 3.69. The molecule has 0 aliphatic rings. The second-order valence-corrected chi connectivity index (χ2v) is 4.08. The molecule has 1 heterocycles. The van der Waals surface area contributed by atoms with Gasteiger partial charge in [-0.2, -0.15) is 0 Å². The molecule has 2 rings (SSSR count). The maximum Gasteiger partial charge on any atom is 0.397 e. The molecule has 0 aliphatic carbocycles. The van der Waals surface area contributed by atoms with Crippen LogP contribution in [0.25, 0.3) is 10.9 Å². The minimum atomic E-state index is -0.929. The first-order chi connectivity index (χ1) is 9.13. The quantitative estimate of drug-likeness (QED) is 0.676. The summed E-state index contributed by atoms with van der Waals surface area (Å²) in [7, 11) is 0. The number of nitrogens with one attached hydrogen (secondary N) is 1. The van der Waals surface area contributed by atoms with Gasteiger partial charge in [-0.05, 0) is 31.2 Å². The standard InChI is InChI=1S/C13H11ClN2O3/c1-2-19-13(18)12(17)16-10-6-5-9(14)8-4-3-7-15-11(8)10/h3-7H,2H2,1H3,(H,16,17). The number of rotatable bonds is 2. The zero-order chi connectivity index (χ0) is 13.8. The molecule has 0 atom stereocenters. The minimum absolute atomic E-state index is 0.145. The smallest absolute Gasteiger partial charge is 0.397 e. The van der Waals surface area contributed by atoms with Crippen LogP contribution in [0, 0.1) is 0 Å². The summed E-state index contributed by atoms with van der Waals surface area (Å²) in [4.78, 5) is 27.0. The summed E-state index contributed by atoms with van der Waals surface area (Å²) < 4.78 is 4.61. The summed E-state index contributed by atoms with van der Waals surface area (Å²) in [6.45, 7) is 1.77. The van der Waals surface area contributed by atoms with Crippen LogP contribution in [0.2, 0.25) is 5.02 Å². The Labute approximate surface area is 114 Å². The molecule has 1 aromatic heterocycles. The number of carbonyl (C=O) groups excluding carboxylic acids is 2. The van der Waals surface area contributed by atoms with Crippen LogP contribution < -0.4 is 5.32 Å². The lowest BCUT2D eigenvalue weighted by Gasteiger charge is -2.08. The number of aromatic nitrogens is 1. The normalized spacial score (nSPS) is 10.2. The molecule has 1 aromatic carbocycles. The van der Waals surface area contributed by atoms with Gasteiger partial charge in [-0.3, -0.25) is 9.78 Å². The molecule has 1 N–H and O–H groups in total. The van der Waals surface area contributed by atoms with Crippen LogP contribution in [0.4, 0.5) is 5.69 Å². The van der Waals surface area contributed by atoms with Crippen LogP contribution in [0.3, 0.4) is 0 Å². The third-order valence-corrected chi connectivity index (χ3v) is 2.76. The van der Waals surface area contributed by atoms with E-state index in [0.717, 1.165) is 0 Å². The first-order valence-corrected chi connectivity index (χ1v) is 6.02. The summed E-state index contributed by atoms with van der Waals surface area (Å²) in [6.07, 6.45) is 1.58. The van der Waals surface area contributed by atoms with Crippen molar-refractivity contribution in [1.29, 1.82) is 0 Å². The van der Waals surface area contributed by atoms with Crippen molar-refractivity contribution in [3.05, 3.63) is 35.5 Å². The molecule has 0 aliphatic heterocycles. The van der Waals surface area contributed by atoms with Crippen LogP contribution in [0.15, 0.2) is 30.5 Å². The van der Waals surface area contributed by atoms with E-state index in [0.29, 0.717) is 21.6 Å². The first-order valence-electron chi connectivity index (χ1n) is 5.64. The Hall–Kier alpha value is -2.14. The Morgan fingerprint density at radius 1 is 1.37 bits per heavy atom. The van der Waals surface area contributed by atoms with Crippen LogP contribution in [0.5, 0.6) is 0 Å². The average Bonchev–Trinajstić information content (AvgIpc) is 2.42. The van der Waals surface area contributed by atoms with Crippen molar-refractivity contribution in [3.8, 4) is 0 Å². The molecule has 0 fully saturated rings. The highest BCUT2D eigenvalue weighted by Crippen LogP contribution is 2.27. The number of hydrogen-bond acceptors (Lipinski definition) is 4. The predicted molar refractivity (Wildman–Crippen MR) is 72.0 cm³/mol. The van der Waals surface area contributed by atoms with Crippen molar-refractivity contribution in [2.75, 3.05) is 11.9 Å². The number of anilines is 1. The van der Waals surface area contributed by atoms with Crippen molar-refractivity contribution in [2.45, 2.75) is 6.92 Å². The summed E-state index contributed by atoms with van der Waals surface area (Å²) >= 11 is 6.03. The van der Waals surface area contributed by atoms with E-state index >= 15 is 0 Å². The topological polar surface area (TPSA) is 68.3 Å². The molecule has 0 saturated heterocycles. The second kappa shape index (κ2) is 5.67. The summed E-state index contributed by atoms with van der Waals surface area (Å²) in [5.41, 5.74) is 0.936. The van der Waals surface area contributed by atoms with Gasteiger partial charge >= 0.3 is 11.9 Å². The predicted octanol–water partition coefficient (Wildman–Crippen LogP) is 2.39. The third-order valence-electron chi connectivity index (χ3n) is 2.43. The van der Waals surface area contributed by atoms with Crippen LogP contribution >= 0.6 is 11.6 Å². The Morgan fingerprint density at radius 3 is 2.89 bits per heavy atom. The van der Waals surface area contributed by atoms with Crippen molar-refractivity contribution in [1.82, 2.24) is 4.98 Å². The minimum Gasteiger partial charge on any atom is -0.459 e. The highest BCUT2D eigenvalue weighted by Gasteiger charge is 2.16. The fraction of sp³-hybridized carbons (Fsp3) is 0.154. The number of halogens is 1.